The summed E-state index contributed by atoms with van der Waals surface area (Å²) in [7, 11) is 0. The lowest BCUT2D eigenvalue weighted by molar-refractivity contribution is -0.131. The van der Waals surface area contributed by atoms with Gasteiger partial charge in [0.05, 0.1) is 18.8 Å². The van der Waals surface area contributed by atoms with Crippen LogP contribution in [0.5, 0.6) is 0 Å². The average molecular weight is 720 g/mol. The van der Waals surface area contributed by atoms with Gasteiger partial charge >= 0.3 is 0 Å². The molecule has 3 unspecified atom stereocenters. The lowest BCUT2D eigenvalue weighted by Crippen LogP contribution is -2.48. The molecule has 0 saturated heterocycles. The first-order valence-electron chi connectivity index (χ1n) is 22.7. The summed E-state index contributed by atoms with van der Waals surface area (Å²) in [5, 5.41) is 33.1. The van der Waals surface area contributed by atoms with Crippen molar-refractivity contribution in [1.29, 1.82) is 0 Å². The molecule has 0 heterocycles. The molecule has 3 atom stereocenters. The molecular formula is C46H89NO4. The van der Waals surface area contributed by atoms with E-state index in [9.17, 15) is 20.1 Å². The summed E-state index contributed by atoms with van der Waals surface area (Å²) < 4.78 is 0. The van der Waals surface area contributed by atoms with E-state index in [0.29, 0.717) is 6.42 Å². The van der Waals surface area contributed by atoms with Crippen molar-refractivity contribution in [1.82, 2.24) is 5.32 Å². The number of unbranched alkanes of at least 4 members (excludes halogenated alkanes) is 31. The van der Waals surface area contributed by atoms with Gasteiger partial charge < -0.3 is 20.6 Å². The van der Waals surface area contributed by atoms with Gasteiger partial charge in [-0.25, -0.2) is 0 Å². The fraction of sp³-hybridized carbons (Fsp3) is 0.891. The summed E-state index contributed by atoms with van der Waals surface area (Å²) in [5.41, 5.74) is 0. The Morgan fingerprint density at radius 3 is 1.20 bits per heavy atom. The van der Waals surface area contributed by atoms with Crippen molar-refractivity contribution in [2.75, 3.05) is 6.61 Å². The number of aliphatic hydroxyl groups is 3. The van der Waals surface area contributed by atoms with Crippen molar-refractivity contribution < 1.29 is 20.1 Å². The molecule has 51 heavy (non-hydrogen) atoms. The van der Waals surface area contributed by atoms with Gasteiger partial charge in [-0.2, -0.15) is 0 Å². The van der Waals surface area contributed by atoms with Crippen LogP contribution in [0.25, 0.3) is 0 Å². The molecule has 0 aromatic heterocycles. The van der Waals surface area contributed by atoms with Gasteiger partial charge in [0, 0.05) is 0 Å². The molecule has 4 N–H and O–H groups in total. The van der Waals surface area contributed by atoms with Crippen LogP contribution in [0.15, 0.2) is 24.3 Å². The Balaban J connectivity index is 3.68. The molecule has 5 nitrogen and oxygen atoms in total. The van der Waals surface area contributed by atoms with Gasteiger partial charge in [0.15, 0.2) is 0 Å². The molecule has 0 aliphatic carbocycles. The maximum absolute atomic E-state index is 12.5. The molecule has 0 aliphatic rings. The highest BCUT2D eigenvalue weighted by Gasteiger charge is 2.22. The molecule has 0 bridgehead atoms. The van der Waals surface area contributed by atoms with Crippen LogP contribution in [0, 0.1) is 0 Å². The predicted molar refractivity (Wildman–Crippen MR) is 222 cm³/mol. The van der Waals surface area contributed by atoms with Gasteiger partial charge in [-0.05, 0) is 32.1 Å². The van der Waals surface area contributed by atoms with Crippen molar-refractivity contribution >= 4 is 5.91 Å². The molecule has 0 fully saturated rings. The Labute approximate surface area is 318 Å². The monoisotopic (exact) mass is 720 g/mol. The van der Waals surface area contributed by atoms with Crippen molar-refractivity contribution in [2.45, 2.75) is 257 Å². The number of allylic oxidation sites excluding steroid dienone is 3. The van der Waals surface area contributed by atoms with Gasteiger partial charge in [-0.1, -0.05) is 231 Å². The van der Waals surface area contributed by atoms with Crippen LogP contribution in [-0.4, -0.2) is 46.1 Å². The topological polar surface area (TPSA) is 89.8 Å². The zero-order valence-corrected chi connectivity index (χ0v) is 34.2. The quantitative estimate of drug-likeness (QED) is 0.0374. The Hall–Kier alpha value is -1.17. The molecule has 0 radical (unpaired) electrons. The second-order valence-corrected chi connectivity index (χ2v) is 15.6. The molecular weight excluding hydrogens is 631 g/mol. The smallest absolute Gasteiger partial charge is 0.249 e. The normalized spacial score (nSPS) is 13.7. The molecule has 0 aliphatic heterocycles. The predicted octanol–water partition coefficient (Wildman–Crippen LogP) is 13.0. The Kier molecular flexibility index (Phi) is 40.6. The summed E-state index contributed by atoms with van der Waals surface area (Å²) in [6.07, 6.45) is 50.7. The van der Waals surface area contributed by atoms with E-state index < -0.39 is 24.2 Å². The van der Waals surface area contributed by atoms with E-state index in [0.717, 1.165) is 38.5 Å². The number of carbonyl (C=O) groups excluding carboxylic acids is 1. The third-order valence-corrected chi connectivity index (χ3v) is 10.5. The van der Waals surface area contributed by atoms with E-state index in [1.807, 2.05) is 6.08 Å². The second kappa shape index (κ2) is 41.6. The third kappa shape index (κ3) is 37.0. The SMILES string of the molecule is CCCCCCCCCCCCCCCCCC/C=C/CC/C=C/C(O)C(CO)NC(=O)C(O)CCCCCCCCCCCCCCCCC. The summed E-state index contributed by atoms with van der Waals surface area (Å²) in [6, 6.07) is -0.810. The van der Waals surface area contributed by atoms with E-state index >= 15 is 0 Å². The first-order valence-corrected chi connectivity index (χ1v) is 22.7. The highest BCUT2D eigenvalue weighted by atomic mass is 16.3. The van der Waals surface area contributed by atoms with Crippen molar-refractivity contribution in [2.24, 2.45) is 0 Å². The van der Waals surface area contributed by atoms with E-state index in [2.05, 4.69) is 31.3 Å². The summed E-state index contributed by atoms with van der Waals surface area (Å²) in [6.45, 7) is 4.18. The summed E-state index contributed by atoms with van der Waals surface area (Å²) >= 11 is 0. The second-order valence-electron chi connectivity index (χ2n) is 15.6. The number of carbonyl (C=O) groups is 1. The minimum atomic E-state index is -1.10. The number of aliphatic hydroxyl groups excluding tert-OH is 3. The number of amides is 1. The molecule has 0 spiro atoms. The number of hydrogen-bond donors (Lipinski definition) is 4. The van der Waals surface area contributed by atoms with Crippen LogP contribution in [0.2, 0.25) is 0 Å². The minimum absolute atomic E-state index is 0.373. The standard InChI is InChI=1S/C46H89NO4/c1-3-5-7-9-11-13-15-17-19-20-21-22-23-24-25-27-28-30-32-34-36-38-40-44(49)43(42-48)47-46(51)45(50)41-39-37-35-33-31-29-26-18-16-14-12-10-8-6-4-2/h30,32,38,40,43-45,48-50H,3-29,31,33-37,39,41-42H2,1-2H3,(H,47,51)/b32-30+,40-38+. The van der Waals surface area contributed by atoms with E-state index in [4.69, 9.17) is 0 Å². The Morgan fingerprint density at radius 2 is 0.804 bits per heavy atom. The van der Waals surface area contributed by atoms with Crippen LogP contribution in [0.3, 0.4) is 0 Å². The summed E-state index contributed by atoms with van der Waals surface area (Å²) in [5.74, 6) is -0.510. The van der Waals surface area contributed by atoms with E-state index in [1.165, 1.54) is 180 Å². The Bertz CT molecular complexity index is 754. The first-order chi connectivity index (χ1) is 25.1. The lowest BCUT2D eigenvalue weighted by atomic mass is 10.0. The molecule has 5 heteroatoms. The third-order valence-electron chi connectivity index (χ3n) is 10.5. The average Bonchev–Trinajstić information content (AvgIpc) is 3.13. The maximum Gasteiger partial charge on any atom is 0.249 e. The molecule has 0 rings (SSSR count). The maximum atomic E-state index is 12.5. The first kappa shape index (κ1) is 49.8. The van der Waals surface area contributed by atoms with E-state index in [1.54, 1.807) is 6.08 Å². The number of hydrogen-bond acceptors (Lipinski definition) is 4. The number of rotatable bonds is 41. The molecule has 1 amide bonds. The minimum Gasteiger partial charge on any atom is -0.394 e. The van der Waals surface area contributed by atoms with Gasteiger partial charge in [-0.3, -0.25) is 4.79 Å². The van der Waals surface area contributed by atoms with Gasteiger partial charge in [0.25, 0.3) is 0 Å². The van der Waals surface area contributed by atoms with Crippen LogP contribution >= 0.6 is 0 Å². The zero-order valence-electron chi connectivity index (χ0n) is 34.2. The number of nitrogens with one attached hydrogen (secondary N) is 1. The zero-order chi connectivity index (χ0) is 37.3. The fourth-order valence-electron chi connectivity index (χ4n) is 6.97. The van der Waals surface area contributed by atoms with Crippen LogP contribution in [0.1, 0.15) is 239 Å². The van der Waals surface area contributed by atoms with E-state index in [-0.39, 0.29) is 6.61 Å². The molecule has 0 saturated carbocycles. The van der Waals surface area contributed by atoms with Gasteiger partial charge in [0.2, 0.25) is 5.91 Å². The van der Waals surface area contributed by atoms with Crippen molar-refractivity contribution in [3.63, 3.8) is 0 Å². The van der Waals surface area contributed by atoms with Gasteiger partial charge in [0.1, 0.15) is 6.10 Å². The van der Waals surface area contributed by atoms with Crippen LogP contribution in [-0.2, 0) is 4.79 Å². The highest BCUT2D eigenvalue weighted by molar-refractivity contribution is 5.80. The van der Waals surface area contributed by atoms with Crippen molar-refractivity contribution in [3.05, 3.63) is 24.3 Å². The molecule has 302 valence electrons. The highest BCUT2D eigenvalue weighted by Crippen LogP contribution is 2.16. The molecule has 0 aromatic carbocycles. The van der Waals surface area contributed by atoms with Crippen molar-refractivity contribution in [3.8, 4) is 0 Å². The molecule has 0 aromatic rings. The largest absolute Gasteiger partial charge is 0.394 e. The fourth-order valence-corrected chi connectivity index (χ4v) is 6.97. The summed E-state index contributed by atoms with van der Waals surface area (Å²) in [4.78, 5) is 12.5. The lowest BCUT2D eigenvalue weighted by Gasteiger charge is -2.21. The van der Waals surface area contributed by atoms with Gasteiger partial charge in [-0.15, -0.1) is 0 Å². The van der Waals surface area contributed by atoms with Crippen LogP contribution in [0.4, 0.5) is 0 Å². The Morgan fingerprint density at radius 1 is 0.471 bits per heavy atom. The van der Waals surface area contributed by atoms with Crippen LogP contribution < -0.4 is 5.32 Å².